The lowest BCUT2D eigenvalue weighted by molar-refractivity contribution is -0.123. The number of carbonyl (C=O) groups excluding carboxylic acids is 1. The Balaban J connectivity index is 1.85. The fraction of sp³-hybridized carbons (Fsp3) is 0.118. The van der Waals surface area contributed by atoms with Crippen LogP contribution in [0, 0.1) is 6.92 Å². The first-order chi connectivity index (χ1) is 11.6. The number of anilines is 1. The lowest BCUT2D eigenvalue weighted by Crippen LogP contribution is -2.25. The smallest absolute Gasteiger partial charge is 0.272 e. The van der Waals surface area contributed by atoms with Gasteiger partial charge in [0, 0.05) is 10.0 Å². The topological polar surface area (TPSA) is 64.1 Å². The molecule has 0 fully saturated rings. The van der Waals surface area contributed by atoms with E-state index >= 15 is 0 Å². The van der Waals surface area contributed by atoms with Crippen LogP contribution in [0.2, 0.25) is 0 Å². The van der Waals surface area contributed by atoms with Crippen molar-refractivity contribution in [3.05, 3.63) is 69.6 Å². The van der Waals surface area contributed by atoms with Crippen molar-refractivity contribution >= 4 is 38.3 Å². The number of nitrogens with zero attached hydrogens (tertiary/aromatic N) is 2. The molecule has 1 atom stereocenters. The summed E-state index contributed by atoms with van der Waals surface area (Å²) in [4.78, 5) is 12.7. The molecule has 0 aliphatic rings. The van der Waals surface area contributed by atoms with Gasteiger partial charge in [0.15, 0.2) is 0 Å². The number of halogens is 1. The van der Waals surface area contributed by atoms with E-state index in [-0.39, 0.29) is 5.91 Å². The summed E-state index contributed by atoms with van der Waals surface area (Å²) in [5.74, 6) is 0.305. The first-order valence-corrected chi connectivity index (χ1v) is 8.81. The van der Waals surface area contributed by atoms with Crippen molar-refractivity contribution < 1.29 is 9.53 Å². The minimum atomic E-state index is -0.787. The molecule has 1 aromatic heterocycles. The molecule has 0 bridgehead atoms. The van der Waals surface area contributed by atoms with Gasteiger partial charge in [-0.1, -0.05) is 63.7 Å². The summed E-state index contributed by atoms with van der Waals surface area (Å²) in [6.45, 7) is 1.83. The van der Waals surface area contributed by atoms with Crippen LogP contribution < -0.4 is 10.1 Å². The van der Waals surface area contributed by atoms with E-state index in [1.54, 1.807) is 0 Å². The first-order valence-electron chi connectivity index (χ1n) is 7.20. The summed E-state index contributed by atoms with van der Waals surface area (Å²) in [7, 11) is 0. The maximum absolute atomic E-state index is 12.7. The number of hydrogen-bond acceptors (Lipinski definition) is 5. The van der Waals surface area contributed by atoms with Gasteiger partial charge in [0.1, 0.15) is 10.8 Å². The quantitative estimate of drug-likeness (QED) is 0.686. The van der Waals surface area contributed by atoms with Gasteiger partial charge >= 0.3 is 0 Å². The zero-order valence-corrected chi connectivity index (χ0v) is 15.2. The highest BCUT2D eigenvalue weighted by Crippen LogP contribution is 2.26. The molecule has 24 heavy (non-hydrogen) atoms. The minimum Gasteiger partial charge on any atom is -0.476 e. The third kappa shape index (κ3) is 4.18. The molecule has 2 aromatic carbocycles. The molecule has 5 nitrogen and oxygen atoms in total. The van der Waals surface area contributed by atoms with Crippen LogP contribution in [0.4, 0.5) is 5.13 Å². The molecule has 7 heteroatoms. The molecule has 1 heterocycles. The Morgan fingerprint density at radius 3 is 2.62 bits per heavy atom. The van der Waals surface area contributed by atoms with E-state index in [9.17, 15) is 4.79 Å². The Bertz CT molecular complexity index is 839. The first kappa shape index (κ1) is 16.6. The number of hydrogen-bond donors (Lipinski definition) is 1. The molecule has 0 spiro atoms. The number of ether oxygens (including phenoxy) is 1. The standard InChI is InChI=1S/C17H14BrN3O2S/c1-11-20-21-17(24-11)19-16(22)15(12-6-3-2-4-7-12)23-14-9-5-8-13(18)10-14/h2-10,15H,1H3,(H,19,21,22)/t15-/m1/s1. The molecule has 3 rings (SSSR count). The largest absolute Gasteiger partial charge is 0.476 e. The van der Waals surface area contributed by atoms with Crippen LogP contribution in [0.25, 0.3) is 0 Å². The molecular formula is C17H14BrN3O2S. The second-order valence-corrected chi connectivity index (χ2v) is 7.08. The minimum absolute atomic E-state index is 0.294. The maximum Gasteiger partial charge on any atom is 0.272 e. The second-order valence-electron chi connectivity index (χ2n) is 4.98. The lowest BCUT2D eigenvalue weighted by atomic mass is 10.1. The summed E-state index contributed by atoms with van der Waals surface area (Å²) >= 11 is 4.72. The molecule has 0 saturated carbocycles. The van der Waals surface area contributed by atoms with Crippen molar-refractivity contribution in [2.45, 2.75) is 13.0 Å². The van der Waals surface area contributed by atoms with Gasteiger partial charge in [-0.3, -0.25) is 10.1 Å². The number of rotatable bonds is 5. The summed E-state index contributed by atoms with van der Waals surface area (Å²) in [6, 6.07) is 16.7. The Morgan fingerprint density at radius 2 is 1.96 bits per heavy atom. The highest BCUT2D eigenvalue weighted by molar-refractivity contribution is 9.10. The van der Waals surface area contributed by atoms with E-state index in [1.165, 1.54) is 11.3 Å². The van der Waals surface area contributed by atoms with Crippen LogP contribution >= 0.6 is 27.3 Å². The van der Waals surface area contributed by atoms with Crippen molar-refractivity contribution in [3.63, 3.8) is 0 Å². The third-order valence-electron chi connectivity index (χ3n) is 3.15. The SMILES string of the molecule is Cc1nnc(NC(=O)[C@H](Oc2cccc(Br)c2)c2ccccc2)s1. The van der Waals surface area contributed by atoms with Gasteiger partial charge in [-0.05, 0) is 25.1 Å². The van der Waals surface area contributed by atoms with Crippen molar-refractivity contribution in [3.8, 4) is 5.75 Å². The van der Waals surface area contributed by atoms with Crippen LogP contribution in [0.1, 0.15) is 16.7 Å². The van der Waals surface area contributed by atoms with E-state index in [0.29, 0.717) is 10.9 Å². The molecule has 1 N–H and O–H groups in total. The van der Waals surface area contributed by atoms with E-state index in [2.05, 4.69) is 31.4 Å². The average molecular weight is 404 g/mol. The number of amides is 1. The predicted molar refractivity (Wildman–Crippen MR) is 97.2 cm³/mol. The number of benzene rings is 2. The predicted octanol–water partition coefficient (Wildman–Crippen LogP) is 4.37. The Hall–Kier alpha value is -2.25. The molecule has 3 aromatic rings. The summed E-state index contributed by atoms with van der Waals surface area (Å²) in [5.41, 5.74) is 0.760. The van der Waals surface area contributed by atoms with Gasteiger partial charge in [-0.15, -0.1) is 10.2 Å². The molecule has 0 aliphatic carbocycles. The van der Waals surface area contributed by atoms with Gasteiger partial charge in [0.05, 0.1) is 0 Å². The van der Waals surface area contributed by atoms with Crippen molar-refractivity contribution in [1.82, 2.24) is 10.2 Å². The Kier molecular flexibility index (Phi) is 5.22. The lowest BCUT2D eigenvalue weighted by Gasteiger charge is -2.18. The molecule has 0 radical (unpaired) electrons. The van der Waals surface area contributed by atoms with Crippen LogP contribution in [0.15, 0.2) is 59.1 Å². The van der Waals surface area contributed by atoms with E-state index in [1.807, 2.05) is 61.5 Å². The maximum atomic E-state index is 12.7. The van der Waals surface area contributed by atoms with Crippen molar-refractivity contribution in [1.29, 1.82) is 0 Å². The summed E-state index contributed by atoms with van der Waals surface area (Å²) in [6.07, 6.45) is -0.787. The zero-order valence-electron chi connectivity index (χ0n) is 12.8. The van der Waals surface area contributed by atoms with Crippen molar-refractivity contribution in [2.75, 3.05) is 5.32 Å². The number of carbonyl (C=O) groups is 1. The van der Waals surface area contributed by atoms with Gasteiger partial charge in [-0.25, -0.2) is 0 Å². The molecule has 0 aliphatic heterocycles. The van der Waals surface area contributed by atoms with Gasteiger partial charge in [0.2, 0.25) is 11.2 Å². The van der Waals surface area contributed by atoms with Gasteiger partial charge < -0.3 is 4.74 Å². The van der Waals surface area contributed by atoms with Crippen molar-refractivity contribution in [2.24, 2.45) is 0 Å². The average Bonchev–Trinajstić information content (AvgIpc) is 2.98. The monoisotopic (exact) mass is 403 g/mol. The third-order valence-corrected chi connectivity index (χ3v) is 4.39. The Labute approximate surface area is 151 Å². The zero-order chi connectivity index (χ0) is 16.9. The summed E-state index contributed by atoms with van der Waals surface area (Å²) < 4.78 is 6.82. The molecule has 0 saturated heterocycles. The number of aryl methyl sites for hydroxylation is 1. The highest BCUT2D eigenvalue weighted by atomic mass is 79.9. The van der Waals surface area contributed by atoms with Crippen LogP contribution in [0.3, 0.4) is 0 Å². The van der Waals surface area contributed by atoms with E-state index < -0.39 is 6.10 Å². The van der Waals surface area contributed by atoms with E-state index in [0.717, 1.165) is 15.0 Å². The molecule has 0 unspecified atom stereocenters. The number of nitrogens with one attached hydrogen (secondary N) is 1. The normalized spacial score (nSPS) is 11.8. The van der Waals surface area contributed by atoms with Crippen LogP contribution in [0.5, 0.6) is 5.75 Å². The number of aromatic nitrogens is 2. The fourth-order valence-corrected chi connectivity index (χ4v) is 3.07. The fourth-order valence-electron chi connectivity index (χ4n) is 2.10. The Morgan fingerprint density at radius 1 is 1.17 bits per heavy atom. The summed E-state index contributed by atoms with van der Waals surface area (Å²) in [5, 5.41) is 11.8. The molecule has 1 amide bonds. The molecule has 122 valence electrons. The van der Waals surface area contributed by atoms with Gasteiger partial charge in [-0.2, -0.15) is 0 Å². The van der Waals surface area contributed by atoms with Crippen LogP contribution in [-0.2, 0) is 4.79 Å². The highest BCUT2D eigenvalue weighted by Gasteiger charge is 2.24. The molecular weight excluding hydrogens is 390 g/mol. The van der Waals surface area contributed by atoms with Gasteiger partial charge in [0.25, 0.3) is 5.91 Å². The second kappa shape index (κ2) is 7.55. The van der Waals surface area contributed by atoms with E-state index in [4.69, 9.17) is 4.74 Å². The van der Waals surface area contributed by atoms with Crippen LogP contribution in [-0.4, -0.2) is 16.1 Å².